The van der Waals surface area contributed by atoms with E-state index in [-0.39, 0.29) is 29.6 Å². The Morgan fingerprint density at radius 1 is 1.80 bits per heavy atom. The summed E-state index contributed by atoms with van der Waals surface area (Å²) in [5, 5.41) is 4.14. The van der Waals surface area contributed by atoms with Crippen LogP contribution in [0.2, 0.25) is 0 Å². The first-order valence-electron chi connectivity index (χ1n) is 0.585. The fourth-order valence-corrected chi connectivity index (χ4v) is 0. The monoisotopic (exact) mass is 104 g/mol. The fourth-order valence-electron chi connectivity index (χ4n) is 0. The van der Waals surface area contributed by atoms with E-state index in [0.29, 0.717) is 0 Å². The van der Waals surface area contributed by atoms with Crippen molar-refractivity contribution in [3.05, 3.63) is 0 Å². The van der Waals surface area contributed by atoms with Crippen LogP contribution in [0.1, 0.15) is 0 Å². The molecule has 3 nitrogen and oxygen atoms in total. The van der Waals surface area contributed by atoms with Crippen molar-refractivity contribution in [3.63, 3.8) is 0 Å². The maximum Gasteiger partial charge on any atom is 0.228 e. The first kappa shape index (κ1) is 9.42. The van der Waals surface area contributed by atoms with Gasteiger partial charge >= 0.3 is 0 Å². The molecule has 5 heteroatoms. The minimum Gasteiger partial charge on any atom is -0.294 e. The van der Waals surface area contributed by atoms with Gasteiger partial charge < -0.3 is 0 Å². The van der Waals surface area contributed by atoms with Crippen LogP contribution >= 0.6 is 0 Å². The largest absolute Gasteiger partial charge is 0.294 e. The summed E-state index contributed by atoms with van der Waals surface area (Å²) in [6.07, 6.45) is 0. The third-order valence-corrected chi connectivity index (χ3v) is 0. The Balaban J connectivity index is 0. The standard InChI is InChI=1S/H3NO2S.Na/c1-4(2)3;/h1H2,(H,2,3);. The fraction of sp³-hybridized carbons (Fsp3) is 0. The van der Waals surface area contributed by atoms with E-state index in [1.807, 2.05) is 0 Å². The van der Waals surface area contributed by atoms with E-state index >= 15 is 0 Å². The molecule has 0 fully saturated rings. The molecule has 0 heterocycles. The van der Waals surface area contributed by atoms with Gasteiger partial charge in [0.2, 0.25) is 11.3 Å². The van der Waals surface area contributed by atoms with Crippen LogP contribution in [0.3, 0.4) is 0 Å². The molecule has 0 aromatic heterocycles. The van der Waals surface area contributed by atoms with E-state index in [1.54, 1.807) is 0 Å². The Bertz CT molecular complexity index is 32.6. The van der Waals surface area contributed by atoms with Gasteiger partial charge in [-0.2, -0.15) is 0 Å². The Morgan fingerprint density at radius 3 is 1.80 bits per heavy atom. The second-order valence-corrected chi connectivity index (χ2v) is 0.829. The zero-order valence-electron chi connectivity index (χ0n) is 2.84. The number of rotatable bonds is 0. The van der Waals surface area contributed by atoms with Crippen LogP contribution in [0.25, 0.3) is 0 Å². The molecule has 1 unspecified atom stereocenters. The molecule has 27 valence electrons. The smallest absolute Gasteiger partial charge is 0.228 e. The Morgan fingerprint density at radius 2 is 1.80 bits per heavy atom. The molecule has 0 bridgehead atoms. The van der Waals surface area contributed by atoms with Gasteiger partial charge in [-0.05, 0) is 0 Å². The topological polar surface area (TPSA) is 63.3 Å². The van der Waals surface area contributed by atoms with Crippen molar-refractivity contribution < 1.29 is 8.76 Å². The zero-order valence-corrected chi connectivity index (χ0v) is 5.66. The molecule has 0 aromatic rings. The van der Waals surface area contributed by atoms with Crippen LogP contribution in [0.5, 0.6) is 0 Å². The van der Waals surface area contributed by atoms with Gasteiger partial charge in [0.1, 0.15) is 0 Å². The average Bonchev–Trinajstić information content (AvgIpc) is 0.811. The van der Waals surface area contributed by atoms with Crippen molar-refractivity contribution in [2.45, 2.75) is 0 Å². The van der Waals surface area contributed by atoms with Gasteiger partial charge in [-0.1, -0.05) is 0 Å². The normalized spacial score (nSPS) is 12.4. The van der Waals surface area contributed by atoms with Gasteiger partial charge in [-0.25, -0.2) is 9.35 Å². The summed E-state index contributed by atoms with van der Waals surface area (Å²) < 4.78 is 16.2. The molecule has 0 saturated heterocycles. The van der Waals surface area contributed by atoms with Crippen molar-refractivity contribution in [1.82, 2.24) is 0 Å². The van der Waals surface area contributed by atoms with E-state index in [1.165, 1.54) is 0 Å². The predicted molar refractivity (Wildman–Crippen MR) is 20.7 cm³/mol. The Labute approximate surface area is 54.6 Å². The molecular weight excluding hydrogens is 101 g/mol. The van der Waals surface area contributed by atoms with Gasteiger partial charge in [0.15, 0.2) is 0 Å². The molecule has 0 spiro atoms. The molecule has 0 aliphatic heterocycles. The minimum absolute atomic E-state index is 0. The van der Waals surface area contributed by atoms with Crippen LogP contribution in [-0.4, -0.2) is 38.3 Å². The first-order valence-corrected chi connectivity index (χ1v) is 1.75. The van der Waals surface area contributed by atoms with Crippen molar-refractivity contribution in [3.8, 4) is 0 Å². The summed E-state index contributed by atoms with van der Waals surface area (Å²) in [7, 11) is 0. The van der Waals surface area contributed by atoms with Crippen LogP contribution in [0, 0.1) is 0 Å². The molecule has 1 radical (unpaired) electrons. The average molecular weight is 104 g/mol. The summed E-state index contributed by atoms with van der Waals surface area (Å²) in [5.74, 6) is 0. The number of nitrogens with two attached hydrogens (primary N) is 1. The molecule has 0 aliphatic carbocycles. The summed E-state index contributed by atoms with van der Waals surface area (Å²) in [4.78, 5) is 0. The first-order chi connectivity index (χ1) is 1.73. The van der Waals surface area contributed by atoms with E-state index in [4.69, 9.17) is 8.76 Å². The quantitative estimate of drug-likeness (QED) is 0.296. The van der Waals surface area contributed by atoms with Gasteiger partial charge in [0.05, 0.1) is 0 Å². The number of hydrogen-bond donors (Lipinski definition) is 2. The molecule has 0 aromatic carbocycles. The maximum absolute atomic E-state index is 8.89. The minimum atomic E-state index is -2.11. The van der Waals surface area contributed by atoms with Gasteiger partial charge in [0.25, 0.3) is 0 Å². The molecule has 0 rings (SSSR count). The van der Waals surface area contributed by atoms with Crippen LogP contribution in [-0.2, 0) is 11.3 Å². The van der Waals surface area contributed by atoms with E-state index in [0.717, 1.165) is 0 Å². The summed E-state index contributed by atoms with van der Waals surface area (Å²) in [6, 6.07) is 0. The van der Waals surface area contributed by atoms with Crippen molar-refractivity contribution in [1.29, 1.82) is 0 Å². The molecule has 5 heavy (non-hydrogen) atoms. The Kier molecular flexibility index (Phi) is 9.55. The van der Waals surface area contributed by atoms with Crippen LogP contribution in [0.15, 0.2) is 0 Å². The zero-order chi connectivity index (χ0) is 3.58. The molecule has 0 saturated carbocycles. The summed E-state index contributed by atoms with van der Waals surface area (Å²) in [5.41, 5.74) is 0. The third-order valence-electron chi connectivity index (χ3n) is 0. The molecule has 0 amide bonds. The summed E-state index contributed by atoms with van der Waals surface area (Å²) in [6.45, 7) is 0. The second kappa shape index (κ2) is 5.07. The molecule has 1 atom stereocenters. The maximum atomic E-state index is 8.89. The van der Waals surface area contributed by atoms with Gasteiger partial charge in [-0.15, -0.1) is 0 Å². The number of hydrogen-bond acceptors (Lipinski definition) is 1. The van der Waals surface area contributed by atoms with Crippen LogP contribution in [0.4, 0.5) is 0 Å². The van der Waals surface area contributed by atoms with Gasteiger partial charge in [-0.3, -0.25) is 4.55 Å². The van der Waals surface area contributed by atoms with Crippen molar-refractivity contribution in [2.75, 3.05) is 0 Å². The predicted octanol–water partition coefficient (Wildman–Crippen LogP) is -1.30. The van der Waals surface area contributed by atoms with Crippen molar-refractivity contribution in [2.24, 2.45) is 5.14 Å². The Hall–Kier alpha value is 1.07. The van der Waals surface area contributed by atoms with Gasteiger partial charge in [0, 0.05) is 29.6 Å². The second-order valence-electron chi connectivity index (χ2n) is 0.276. The van der Waals surface area contributed by atoms with E-state index in [2.05, 4.69) is 5.14 Å². The summed E-state index contributed by atoms with van der Waals surface area (Å²) >= 11 is -2.11. The van der Waals surface area contributed by atoms with E-state index in [9.17, 15) is 0 Å². The van der Waals surface area contributed by atoms with Crippen molar-refractivity contribution >= 4 is 40.8 Å². The third kappa shape index (κ3) is 41.7. The molecular formula is H3NNaO2S. The van der Waals surface area contributed by atoms with E-state index < -0.39 is 11.3 Å². The molecule has 0 aliphatic rings. The molecule has 3 N–H and O–H groups in total. The SMILES string of the molecule is NS(=O)O.[Na]. The van der Waals surface area contributed by atoms with Crippen LogP contribution < -0.4 is 5.14 Å².